The molecular weight excluding hydrogens is 583 g/mol. The van der Waals surface area contributed by atoms with Crippen LogP contribution >= 0.6 is 34.5 Å². The summed E-state index contributed by atoms with van der Waals surface area (Å²) < 4.78 is 13.6. The van der Waals surface area contributed by atoms with Gasteiger partial charge in [-0.1, -0.05) is 34.4 Å². The number of carboxylic acids is 1. The largest absolute Gasteiger partial charge is 0.478 e. The van der Waals surface area contributed by atoms with E-state index in [9.17, 15) is 15.0 Å². The zero-order chi connectivity index (χ0) is 28.1. The fourth-order valence-electron chi connectivity index (χ4n) is 7.94. The van der Waals surface area contributed by atoms with Gasteiger partial charge in [-0.3, -0.25) is 0 Å². The number of ether oxygens (including phenoxy) is 1. The highest BCUT2D eigenvalue weighted by molar-refractivity contribution is 7.18. The number of fused-ring (bicyclic) bond motifs is 1. The third-order valence-corrected chi connectivity index (χ3v) is 11.6. The molecule has 41 heavy (non-hydrogen) atoms. The van der Waals surface area contributed by atoms with E-state index in [1.54, 1.807) is 18.2 Å². The van der Waals surface area contributed by atoms with Gasteiger partial charge in [0, 0.05) is 17.0 Å². The predicted molar refractivity (Wildman–Crippen MR) is 155 cm³/mol. The SMILES string of the molecule is O=C(O)c1ccc2nc(C3(O)C4C[C@H]5C[C@H]3C[C@](OCc3c(-c6c(Cl)cccc6Cl)noc3C3CC3)(C4)C5)sc2c1. The van der Waals surface area contributed by atoms with Gasteiger partial charge in [0.05, 0.1) is 38.0 Å². The number of aromatic nitrogens is 2. The van der Waals surface area contributed by atoms with Crippen LogP contribution in [-0.4, -0.2) is 31.9 Å². The van der Waals surface area contributed by atoms with Crippen LogP contribution in [0.25, 0.3) is 21.5 Å². The number of carbonyl (C=O) groups is 1. The first-order valence-corrected chi connectivity index (χ1v) is 15.7. The molecule has 4 bridgehead atoms. The van der Waals surface area contributed by atoms with Gasteiger partial charge in [0.25, 0.3) is 0 Å². The second kappa shape index (κ2) is 9.25. The van der Waals surface area contributed by atoms with E-state index >= 15 is 0 Å². The average molecular weight is 612 g/mol. The number of hydrogen-bond donors (Lipinski definition) is 2. The van der Waals surface area contributed by atoms with Gasteiger partial charge in [-0.15, -0.1) is 11.3 Å². The Bertz CT molecular complexity index is 1680. The van der Waals surface area contributed by atoms with Crippen LogP contribution < -0.4 is 0 Å². The van der Waals surface area contributed by atoms with E-state index in [1.807, 2.05) is 18.2 Å². The lowest BCUT2D eigenvalue weighted by Crippen LogP contribution is -2.62. The first-order chi connectivity index (χ1) is 19.7. The van der Waals surface area contributed by atoms with Crippen LogP contribution in [0, 0.1) is 17.8 Å². The average Bonchev–Trinajstić information content (AvgIpc) is 3.55. The lowest BCUT2D eigenvalue weighted by Gasteiger charge is -2.62. The van der Waals surface area contributed by atoms with Crippen LogP contribution in [0.2, 0.25) is 10.0 Å². The molecule has 5 aliphatic carbocycles. The molecule has 7 nitrogen and oxygen atoms in total. The lowest BCUT2D eigenvalue weighted by atomic mass is 9.48. The van der Waals surface area contributed by atoms with Crippen molar-refractivity contribution in [2.24, 2.45) is 17.8 Å². The summed E-state index contributed by atoms with van der Waals surface area (Å²) >= 11 is 14.6. The third kappa shape index (κ3) is 4.09. The molecule has 0 radical (unpaired) electrons. The van der Waals surface area contributed by atoms with Gasteiger partial charge in [0.2, 0.25) is 0 Å². The summed E-state index contributed by atoms with van der Waals surface area (Å²) in [7, 11) is 0. The van der Waals surface area contributed by atoms with Gasteiger partial charge < -0.3 is 19.5 Å². The first kappa shape index (κ1) is 26.2. The second-order valence-electron chi connectivity index (χ2n) is 12.4. The second-order valence-corrected chi connectivity index (χ2v) is 14.2. The van der Waals surface area contributed by atoms with E-state index in [0.29, 0.717) is 44.8 Å². The zero-order valence-corrected chi connectivity index (χ0v) is 24.4. The van der Waals surface area contributed by atoms with E-state index in [1.165, 1.54) is 11.3 Å². The minimum atomic E-state index is -1.04. The Labute approximate surface area is 250 Å². The summed E-state index contributed by atoms with van der Waals surface area (Å²) in [5.74, 6) is 0.786. The van der Waals surface area contributed by atoms with Crippen molar-refractivity contribution in [3.8, 4) is 11.3 Å². The number of thiazole rings is 1. The van der Waals surface area contributed by atoms with Crippen LogP contribution in [0.15, 0.2) is 40.9 Å². The van der Waals surface area contributed by atoms with E-state index in [4.69, 9.17) is 37.4 Å². The molecule has 0 aliphatic heterocycles. The molecule has 5 atom stereocenters. The molecular formula is C31H28Cl2N2O5S. The maximum Gasteiger partial charge on any atom is 0.335 e. The highest BCUT2D eigenvalue weighted by atomic mass is 35.5. The van der Waals surface area contributed by atoms with Crippen LogP contribution in [0.5, 0.6) is 0 Å². The number of hydrogen-bond acceptors (Lipinski definition) is 7. The van der Waals surface area contributed by atoms with Crippen molar-refractivity contribution in [1.29, 1.82) is 0 Å². The number of aromatic carboxylic acids is 1. The lowest BCUT2D eigenvalue weighted by molar-refractivity contribution is -0.250. The van der Waals surface area contributed by atoms with Crippen LogP contribution in [0.1, 0.15) is 77.6 Å². The topological polar surface area (TPSA) is 106 Å². The molecule has 5 fully saturated rings. The summed E-state index contributed by atoms with van der Waals surface area (Å²) in [6, 6.07) is 10.4. The normalized spacial score (nSPS) is 30.4. The monoisotopic (exact) mass is 610 g/mol. The Hall–Kier alpha value is -2.49. The standard InChI is InChI=1S/C31H28Cl2N2O5S/c32-21-2-1-3-22(33)25(21)26-20(27(40-35-26)16-4-5-16)14-39-30-11-15-8-18(12-30)31(38,19(9-15)13-30)29-34-23-7-6-17(28(36)37)10-24(23)41-29/h1-3,6-7,10,15-16,18-19,38H,4-5,8-9,11-14H2,(H,36,37)/t15-,18+,19?,30+,31?/m1/s1. The van der Waals surface area contributed by atoms with Crippen molar-refractivity contribution >= 4 is 50.7 Å². The van der Waals surface area contributed by atoms with E-state index in [0.717, 1.165) is 66.5 Å². The van der Waals surface area contributed by atoms with Gasteiger partial charge in [-0.25, -0.2) is 9.78 Å². The Balaban J connectivity index is 1.10. The predicted octanol–water partition coefficient (Wildman–Crippen LogP) is 7.82. The number of halogens is 2. The summed E-state index contributed by atoms with van der Waals surface area (Å²) in [6.45, 7) is 0.357. The Morgan fingerprint density at radius 3 is 2.51 bits per heavy atom. The Kier molecular flexibility index (Phi) is 5.90. The molecule has 2 aromatic heterocycles. The number of aliphatic hydroxyl groups is 1. The number of nitrogens with zero attached hydrogens (tertiary/aromatic N) is 2. The quantitative estimate of drug-likeness (QED) is 0.220. The van der Waals surface area contributed by atoms with Crippen molar-refractivity contribution in [2.45, 2.75) is 68.7 Å². The van der Waals surface area contributed by atoms with Crippen LogP contribution in [0.4, 0.5) is 0 Å². The molecule has 10 heteroatoms. The van der Waals surface area contributed by atoms with Gasteiger partial charge in [-0.05, 0) is 93.0 Å². The molecule has 2 N–H and O–H groups in total. The van der Waals surface area contributed by atoms with Gasteiger partial charge in [0.1, 0.15) is 22.1 Å². The third-order valence-electron chi connectivity index (χ3n) is 9.84. The van der Waals surface area contributed by atoms with Gasteiger partial charge in [-0.2, -0.15) is 0 Å². The molecule has 9 rings (SSSR count). The molecule has 4 aromatic rings. The minimum Gasteiger partial charge on any atom is -0.478 e. The fourth-order valence-corrected chi connectivity index (χ4v) is 9.77. The Morgan fingerprint density at radius 2 is 1.83 bits per heavy atom. The van der Waals surface area contributed by atoms with E-state index in [2.05, 4.69) is 5.16 Å². The van der Waals surface area contributed by atoms with E-state index in [-0.39, 0.29) is 23.0 Å². The number of benzene rings is 2. The van der Waals surface area contributed by atoms with Crippen LogP contribution in [0.3, 0.4) is 0 Å². The Morgan fingerprint density at radius 1 is 1.10 bits per heavy atom. The number of carboxylic acid groups (broad SMARTS) is 1. The molecule has 2 aromatic carbocycles. The van der Waals surface area contributed by atoms with Gasteiger partial charge in [0.15, 0.2) is 0 Å². The van der Waals surface area contributed by atoms with Crippen molar-refractivity contribution in [3.63, 3.8) is 0 Å². The van der Waals surface area contributed by atoms with Crippen molar-refractivity contribution < 1.29 is 24.3 Å². The summed E-state index contributed by atoms with van der Waals surface area (Å²) in [5, 5.41) is 27.9. The number of rotatable bonds is 7. The fraction of sp³-hybridized carbons (Fsp3) is 0.452. The van der Waals surface area contributed by atoms with Gasteiger partial charge >= 0.3 is 5.97 Å². The highest BCUT2D eigenvalue weighted by Gasteiger charge is 2.64. The maximum atomic E-state index is 12.3. The first-order valence-electron chi connectivity index (χ1n) is 14.2. The van der Waals surface area contributed by atoms with Crippen LogP contribution in [-0.2, 0) is 16.9 Å². The smallest absolute Gasteiger partial charge is 0.335 e. The maximum absolute atomic E-state index is 12.3. The minimum absolute atomic E-state index is 0.0242. The molecule has 0 saturated heterocycles. The molecule has 5 aliphatic rings. The summed E-state index contributed by atoms with van der Waals surface area (Å²) in [4.78, 5) is 16.3. The molecule has 0 spiro atoms. The van der Waals surface area contributed by atoms with Crippen molar-refractivity contribution in [3.05, 3.63) is 68.3 Å². The molecule has 5 saturated carbocycles. The summed E-state index contributed by atoms with van der Waals surface area (Å²) in [5.41, 5.74) is 1.83. The molecule has 2 unspecified atom stereocenters. The highest BCUT2D eigenvalue weighted by Crippen LogP contribution is 2.65. The molecule has 212 valence electrons. The van der Waals surface area contributed by atoms with Crippen molar-refractivity contribution in [1.82, 2.24) is 10.1 Å². The van der Waals surface area contributed by atoms with Crippen molar-refractivity contribution in [2.75, 3.05) is 0 Å². The summed E-state index contributed by atoms with van der Waals surface area (Å²) in [6.07, 6.45) is 6.49. The molecule has 0 amide bonds. The van der Waals surface area contributed by atoms with E-state index < -0.39 is 11.6 Å². The molecule has 2 heterocycles. The zero-order valence-electron chi connectivity index (χ0n) is 22.1.